The minimum atomic E-state index is -3.01. The number of ether oxygens (including phenoxy) is 2. The SMILES string of the molecule is CC(C)OP(Cl)Cl.CC(C)OP1(=S)OC[C@H]2O[C@@H](n3ccc(=O)[nH]c3=O)[C@](C)(O)[C@@H]2O1.C[C@@]1(O)[C@H](O)[C@@H](CO)O[C@H]1n1ccc(=O)[nH]c1=O.[PH-]P(P)P(P)P. The summed E-state index contributed by atoms with van der Waals surface area (Å²) >= 11 is 15.9. The van der Waals surface area contributed by atoms with Crippen molar-refractivity contribution in [3.63, 3.8) is 0 Å². The lowest BCUT2D eigenvalue weighted by atomic mass is 9.96. The van der Waals surface area contributed by atoms with Crippen molar-refractivity contribution in [1.82, 2.24) is 19.1 Å². The van der Waals surface area contributed by atoms with E-state index in [1.165, 1.54) is 26.1 Å². The Balaban J connectivity index is 0.000000295. The van der Waals surface area contributed by atoms with Gasteiger partial charge in [0.1, 0.15) is 35.6 Å². The minimum absolute atomic E-state index is 0.0535. The molecule has 0 saturated carbocycles. The monoisotopic (exact) mass is 989 g/mol. The molecule has 0 bridgehead atoms. The second-order valence-corrected chi connectivity index (χ2v) is 37.4. The van der Waals surface area contributed by atoms with Crippen molar-refractivity contribution >= 4 is 97.5 Å². The molecule has 13 atom stereocenters. The number of aliphatic hydroxyl groups excluding tert-OH is 2. The minimum Gasteiger partial charge on any atom is -0.516 e. The molecular weight excluding hydrogens is 943 g/mol. The summed E-state index contributed by atoms with van der Waals surface area (Å²) in [6.07, 6.45) is -3.65. The van der Waals surface area contributed by atoms with Crippen LogP contribution in [0.4, 0.5) is 0 Å². The molecule has 5 rings (SSSR count). The predicted octanol–water partition coefficient (Wildman–Crippen LogP) is 4.20. The summed E-state index contributed by atoms with van der Waals surface area (Å²) in [5.74, 6) is 0. The summed E-state index contributed by atoms with van der Waals surface area (Å²) in [4.78, 5) is 49.9. The van der Waals surface area contributed by atoms with Crippen LogP contribution in [0.15, 0.2) is 43.7 Å². The van der Waals surface area contributed by atoms with Gasteiger partial charge in [0.25, 0.3) is 11.1 Å². The maximum Gasteiger partial charge on any atom is 0.330 e. The number of aromatic amines is 2. The lowest BCUT2D eigenvalue weighted by Crippen LogP contribution is -2.49. The second kappa shape index (κ2) is 22.9. The van der Waals surface area contributed by atoms with Gasteiger partial charge >= 0.3 is 18.1 Å². The molecule has 2 aromatic heterocycles. The third-order valence-corrected chi connectivity index (χ3v) is 30.8. The van der Waals surface area contributed by atoms with Gasteiger partial charge in [-0.1, -0.05) is 6.99 Å². The Morgan fingerprint density at radius 1 is 0.982 bits per heavy atom. The van der Waals surface area contributed by atoms with Gasteiger partial charge in [0, 0.05) is 24.5 Å². The standard InChI is InChI=1S/C13H19N2O7PS.C10H14N2O6.C3H7Cl2OP.H7P6/c1-7(2)21-23(24)19-6-8-10(22-23)13(3,18)11(20-8)15-5-4-9(16)14-12(15)17;1-10(17)7(15)5(4-13)18-8(10)12-3-2-6(14)11-9(12)16;1-3(2)6-7(4)5;1-5(2)6(3)4/h4-5,7-8,10-11,18H,6H2,1-3H3,(H,14,16,17);2-3,5,7-8,13,15,17H,4H2,1H3,(H,11,14,16);3H,1-2H3;1H,2-4H2/q;;;-1/t8-,10-,11-,13-,23?;5-,7-,8-,10-;;/m11../s1. The first kappa shape index (κ1) is 52.3. The number of fused-ring (bicyclic) bond motifs is 1. The van der Waals surface area contributed by atoms with Crippen LogP contribution < -0.4 is 22.5 Å². The molecule has 5 heterocycles. The molecule has 3 aliphatic rings. The van der Waals surface area contributed by atoms with E-state index in [4.69, 9.17) is 67.0 Å². The van der Waals surface area contributed by atoms with Gasteiger partial charge in [-0.2, -0.15) is 0 Å². The van der Waals surface area contributed by atoms with E-state index in [0.717, 1.165) is 21.4 Å². The van der Waals surface area contributed by atoms with E-state index in [2.05, 4.69) is 40.7 Å². The van der Waals surface area contributed by atoms with Crippen LogP contribution in [0.3, 0.4) is 0 Å². The molecule has 5 unspecified atom stereocenters. The largest absolute Gasteiger partial charge is 0.516 e. The fourth-order valence-electron chi connectivity index (χ4n) is 4.96. The Morgan fingerprint density at radius 2 is 1.45 bits per heavy atom. The van der Waals surface area contributed by atoms with Crippen LogP contribution >= 0.6 is 85.7 Å². The summed E-state index contributed by atoms with van der Waals surface area (Å²) in [6, 6.07) is 2.27. The van der Waals surface area contributed by atoms with Crippen molar-refractivity contribution in [3.8, 4) is 0 Å². The molecule has 3 saturated heterocycles. The highest BCUT2D eigenvalue weighted by Gasteiger charge is 2.59. The summed E-state index contributed by atoms with van der Waals surface area (Å²) in [7, 11) is 11.8. The van der Waals surface area contributed by atoms with Crippen molar-refractivity contribution in [3.05, 3.63) is 66.2 Å². The van der Waals surface area contributed by atoms with E-state index in [1.54, 1.807) is 13.8 Å². The molecule has 18 nitrogen and oxygen atoms in total. The summed E-state index contributed by atoms with van der Waals surface area (Å²) in [5, 5.41) is 39.8. The number of hydrogen-bond acceptors (Lipinski definition) is 15. The van der Waals surface area contributed by atoms with Crippen LogP contribution in [0.2, 0.25) is 0 Å². The van der Waals surface area contributed by atoms with Crippen LogP contribution in [0.1, 0.15) is 54.0 Å². The molecule has 0 radical (unpaired) electrons. The average Bonchev–Trinajstić information content (AvgIpc) is 3.43. The summed E-state index contributed by atoms with van der Waals surface area (Å²) in [5.41, 5.74) is -5.89. The normalized spacial score (nSPS) is 31.9. The van der Waals surface area contributed by atoms with E-state index < -0.39 is 90.8 Å². The smallest absolute Gasteiger partial charge is 0.330 e. The number of nitrogens with one attached hydrogen (secondary N) is 2. The maximum absolute atomic E-state index is 12.0. The molecule has 2 aromatic rings. The van der Waals surface area contributed by atoms with Crippen molar-refractivity contribution in [1.29, 1.82) is 0 Å². The lowest BCUT2D eigenvalue weighted by Gasteiger charge is -2.37. The molecule has 3 aliphatic heterocycles. The van der Waals surface area contributed by atoms with E-state index in [0.29, 0.717) is 0 Å². The van der Waals surface area contributed by atoms with Gasteiger partial charge in [0.15, 0.2) is 12.5 Å². The summed E-state index contributed by atoms with van der Waals surface area (Å²) in [6.45, 7) is 5.71. The van der Waals surface area contributed by atoms with E-state index >= 15 is 0 Å². The molecule has 55 heavy (non-hydrogen) atoms. The topological polar surface area (TPSA) is 246 Å². The number of halogens is 2. The number of rotatable bonds is 8. The van der Waals surface area contributed by atoms with Crippen molar-refractivity contribution in [2.75, 3.05) is 13.2 Å². The van der Waals surface area contributed by atoms with Crippen LogP contribution in [-0.2, 0) is 39.4 Å². The zero-order valence-electron chi connectivity index (χ0n) is 30.3. The number of H-pyrrole nitrogens is 2. The number of aromatic nitrogens is 4. The Hall–Kier alpha value is 1.20. The number of hydrogen-bond donors (Lipinski definition) is 6. The van der Waals surface area contributed by atoms with E-state index in [9.17, 15) is 34.5 Å². The first-order valence-corrected chi connectivity index (χ1v) is 31.1. The van der Waals surface area contributed by atoms with Gasteiger partial charge in [-0.05, 0) is 75.8 Å². The third kappa shape index (κ3) is 15.3. The number of nitrogens with zero attached hydrogens (tertiary/aromatic N) is 2. The molecule has 0 spiro atoms. The quantitative estimate of drug-likeness (QED) is 0.203. The predicted molar refractivity (Wildman–Crippen MR) is 232 cm³/mol. The highest BCUT2D eigenvalue weighted by atomic mass is 35.9. The van der Waals surface area contributed by atoms with Gasteiger partial charge in [-0.25, -0.2) is 16.6 Å². The van der Waals surface area contributed by atoms with Crippen LogP contribution in [-0.4, -0.2) is 101 Å². The maximum atomic E-state index is 12.0. The zero-order chi connectivity index (χ0) is 42.2. The summed E-state index contributed by atoms with van der Waals surface area (Å²) < 4.78 is 34.7. The zero-order valence-corrected chi connectivity index (χ0v) is 40.7. The molecule has 6 N–H and O–H groups in total. The Bertz CT molecular complexity index is 1810. The molecule has 29 heteroatoms. The van der Waals surface area contributed by atoms with E-state index in [1.807, 2.05) is 18.8 Å². The molecular formula is C26H47Cl2N4O14P8S-. The van der Waals surface area contributed by atoms with Gasteiger partial charge in [0.05, 0.1) is 25.4 Å². The first-order chi connectivity index (χ1) is 25.3. The Labute approximate surface area is 344 Å². The molecule has 316 valence electrons. The Kier molecular flexibility index (Phi) is 21.8. The molecule has 0 aromatic carbocycles. The molecule has 0 aliphatic carbocycles. The van der Waals surface area contributed by atoms with Gasteiger partial charge < -0.3 is 52.4 Å². The average molecular weight is 990 g/mol. The number of aliphatic hydroxyl groups is 4. The highest BCUT2D eigenvalue weighted by molar-refractivity contribution is 8.92. The van der Waals surface area contributed by atoms with Crippen LogP contribution in [0.25, 0.3) is 0 Å². The third-order valence-electron chi connectivity index (χ3n) is 7.38. The first-order valence-electron chi connectivity index (χ1n) is 15.9. The molecule has 3 fully saturated rings. The fraction of sp³-hybridized carbons (Fsp3) is 0.692. The van der Waals surface area contributed by atoms with Crippen LogP contribution in [0.5, 0.6) is 0 Å². The van der Waals surface area contributed by atoms with Crippen molar-refractivity contribution < 1.29 is 48.0 Å². The fourth-order valence-corrected chi connectivity index (χ4v) is 8.86. The second-order valence-electron chi connectivity index (χ2n) is 12.7. The van der Waals surface area contributed by atoms with Gasteiger partial charge in [-0.15, -0.1) is 26.8 Å². The molecule has 0 amide bonds. The van der Waals surface area contributed by atoms with Gasteiger partial charge in [-0.3, -0.25) is 33.2 Å². The van der Waals surface area contributed by atoms with Gasteiger partial charge in [0.2, 0.25) is 6.85 Å². The lowest BCUT2D eigenvalue weighted by molar-refractivity contribution is -0.0987. The Morgan fingerprint density at radius 3 is 1.80 bits per heavy atom. The van der Waals surface area contributed by atoms with Crippen LogP contribution in [0, 0.1) is 0 Å². The highest BCUT2D eigenvalue weighted by Crippen LogP contribution is 2.86. The van der Waals surface area contributed by atoms with Crippen molar-refractivity contribution in [2.24, 2.45) is 0 Å². The van der Waals surface area contributed by atoms with E-state index in [-0.39, 0.29) is 32.8 Å². The van der Waals surface area contributed by atoms with Crippen molar-refractivity contribution in [2.45, 2.75) is 102 Å².